The molecule has 2 rings (SSSR count). The van der Waals surface area contributed by atoms with Gasteiger partial charge in [0.2, 0.25) is 5.76 Å². The monoisotopic (exact) mass is 294 g/mol. The van der Waals surface area contributed by atoms with E-state index in [9.17, 15) is 19.8 Å². The summed E-state index contributed by atoms with van der Waals surface area (Å²) in [5.74, 6) is -2.05. The van der Waals surface area contributed by atoms with Crippen molar-refractivity contribution in [3.63, 3.8) is 0 Å². The lowest BCUT2D eigenvalue weighted by molar-refractivity contribution is -0.144. The molecule has 7 heteroatoms. The Morgan fingerprint density at radius 1 is 1.29 bits per heavy atom. The zero-order chi connectivity index (χ0) is 15.6. The number of carbonyl (C=O) groups excluding carboxylic acids is 1. The van der Waals surface area contributed by atoms with Gasteiger partial charge in [0.1, 0.15) is 11.7 Å². The predicted molar refractivity (Wildman–Crippen MR) is 70.8 cm³/mol. The van der Waals surface area contributed by atoms with E-state index in [2.05, 4.69) is 4.74 Å². The van der Waals surface area contributed by atoms with Gasteiger partial charge in [-0.2, -0.15) is 0 Å². The molecule has 2 atom stereocenters. The van der Waals surface area contributed by atoms with Crippen LogP contribution in [-0.4, -0.2) is 40.5 Å². The number of hydrogen-bond acceptors (Lipinski definition) is 6. The summed E-state index contributed by atoms with van der Waals surface area (Å²) < 4.78 is 9.51. The number of fused-ring (bicyclic) bond motifs is 1. The molecular formula is C14H14O7. The summed E-state index contributed by atoms with van der Waals surface area (Å²) in [5.41, 5.74) is 0.697. The van der Waals surface area contributed by atoms with Crippen LogP contribution in [0.5, 0.6) is 0 Å². The zero-order valence-electron chi connectivity index (χ0n) is 11.1. The Hall–Kier alpha value is -2.38. The van der Waals surface area contributed by atoms with Crippen LogP contribution in [0.4, 0.5) is 0 Å². The first-order valence-corrected chi connectivity index (χ1v) is 6.12. The van der Waals surface area contributed by atoms with E-state index in [4.69, 9.17) is 9.52 Å². The number of methoxy groups -OCH3 is 1. The normalized spacial score (nSPS) is 13.9. The third kappa shape index (κ3) is 3.21. The minimum absolute atomic E-state index is 0.216. The van der Waals surface area contributed by atoms with Crippen LogP contribution in [0.25, 0.3) is 11.0 Å². The van der Waals surface area contributed by atoms with Gasteiger partial charge in [-0.05, 0) is 23.8 Å². The minimum atomic E-state index is -1.32. The number of esters is 1. The molecule has 0 amide bonds. The highest BCUT2D eigenvalue weighted by atomic mass is 16.5. The van der Waals surface area contributed by atoms with Crippen LogP contribution in [0.2, 0.25) is 0 Å². The fraction of sp³-hybridized carbons (Fsp3) is 0.286. The first kappa shape index (κ1) is 15.0. The highest BCUT2D eigenvalue weighted by molar-refractivity contribution is 5.91. The predicted octanol–water partition coefficient (Wildman–Crippen LogP) is 1.09. The van der Waals surface area contributed by atoms with Gasteiger partial charge in [-0.25, -0.2) is 4.79 Å². The molecule has 0 aliphatic carbocycles. The number of aromatic carboxylic acids is 1. The summed E-state index contributed by atoms with van der Waals surface area (Å²) in [6.45, 7) is 0. The molecule has 0 radical (unpaired) electrons. The minimum Gasteiger partial charge on any atom is -0.475 e. The summed E-state index contributed by atoms with van der Waals surface area (Å²) in [6, 6.07) is 5.80. The van der Waals surface area contributed by atoms with E-state index in [-0.39, 0.29) is 12.2 Å². The molecule has 3 N–H and O–H groups in total. The number of rotatable bonds is 5. The molecular weight excluding hydrogens is 280 g/mol. The first-order chi connectivity index (χ1) is 9.92. The fourth-order valence-corrected chi connectivity index (χ4v) is 1.94. The topological polar surface area (TPSA) is 117 Å². The van der Waals surface area contributed by atoms with Gasteiger partial charge in [0.15, 0.2) is 0 Å². The second kappa shape index (κ2) is 5.94. The zero-order valence-corrected chi connectivity index (χ0v) is 11.1. The Labute approximate surface area is 119 Å². The first-order valence-electron chi connectivity index (χ1n) is 6.12. The smallest absolute Gasteiger partial charge is 0.371 e. The molecule has 0 bridgehead atoms. The van der Waals surface area contributed by atoms with Crippen molar-refractivity contribution in [2.45, 2.75) is 18.6 Å². The number of aliphatic hydroxyl groups is 2. The number of aliphatic hydroxyl groups excluding tert-OH is 2. The van der Waals surface area contributed by atoms with Gasteiger partial charge in [-0.1, -0.05) is 6.07 Å². The molecule has 2 aromatic rings. The van der Waals surface area contributed by atoms with Crippen molar-refractivity contribution in [2.75, 3.05) is 7.11 Å². The third-order valence-electron chi connectivity index (χ3n) is 3.06. The summed E-state index contributed by atoms with van der Waals surface area (Å²) in [5, 5.41) is 29.1. The molecule has 7 nitrogen and oxygen atoms in total. The van der Waals surface area contributed by atoms with Gasteiger partial charge >= 0.3 is 11.9 Å². The molecule has 1 heterocycles. The van der Waals surface area contributed by atoms with E-state index in [0.717, 1.165) is 0 Å². The average Bonchev–Trinajstić information content (AvgIpc) is 2.89. The van der Waals surface area contributed by atoms with Gasteiger partial charge in [0.25, 0.3) is 0 Å². The van der Waals surface area contributed by atoms with E-state index < -0.39 is 24.1 Å². The van der Waals surface area contributed by atoms with Crippen molar-refractivity contribution in [3.8, 4) is 0 Å². The van der Waals surface area contributed by atoms with Crippen LogP contribution < -0.4 is 0 Å². The second-order valence-electron chi connectivity index (χ2n) is 4.51. The third-order valence-corrected chi connectivity index (χ3v) is 3.06. The lowest BCUT2D eigenvalue weighted by atomic mass is 10.0. The molecule has 21 heavy (non-hydrogen) atoms. The van der Waals surface area contributed by atoms with Crippen LogP contribution >= 0.6 is 0 Å². The lowest BCUT2D eigenvalue weighted by Gasteiger charge is -2.17. The van der Waals surface area contributed by atoms with Crippen LogP contribution in [0, 0.1) is 0 Å². The molecule has 0 saturated carbocycles. The Balaban J connectivity index is 2.25. The highest BCUT2D eigenvalue weighted by Gasteiger charge is 2.22. The van der Waals surface area contributed by atoms with Crippen molar-refractivity contribution in [1.82, 2.24) is 0 Å². The molecule has 0 aliphatic rings. The maximum absolute atomic E-state index is 11.1. The van der Waals surface area contributed by atoms with Crippen molar-refractivity contribution < 1.29 is 34.1 Å². The Kier molecular flexibility index (Phi) is 4.25. The van der Waals surface area contributed by atoms with E-state index in [1.807, 2.05) is 0 Å². The van der Waals surface area contributed by atoms with Gasteiger partial charge in [-0.15, -0.1) is 0 Å². The molecule has 1 aromatic carbocycles. The molecule has 112 valence electrons. The maximum atomic E-state index is 11.1. The Morgan fingerprint density at radius 2 is 2.00 bits per heavy atom. The molecule has 0 fully saturated rings. The number of furan rings is 1. The molecule has 0 aliphatic heterocycles. The van der Waals surface area contributed by atoms with Crippen molar-refractivity contribution in [2.24, 2.45) is 0 Å². The number of carboxylic acid groups (broad SMARTS) is 1. The Morgan fingerprint density at radius 3 is 2.62 bits per heavy atom. The molecule has 0 spiro atoms. The summed E-state index contributed by atoms with van der Waals surface area (Å²) in [7, 11) is 1.19. The standard InChI is InChI=1S/C14H14O7/c1-20-12(16)6-9(15)13(17)7-2-3-10-8(4-7)5-11(21-10)14(18)19/h2-5,9,13,15,17H,6H2,1H3,(H,18,19). The summed E-state index contributed by atoms with van der Waals surface area (Å²) >= 11 is 0. The maximum Gasteiger partial charge on any atom is 0.371 e. The molecule has 1 aromatic heterocycles. The van der Waals surface area contributed by atoms with Gasteiger partial charge in [-0.3, -0.25) is 4.79 Å². The van der Waals surface area contributed by atoms with Gasteiger partial charge < -0.3 is 24.5 Å². The van der Waals surface area contributed by atoms with Crippen LogP contribution in [-0.2, 0) is 9.53 Å². The largest absolute Gasteiger partial charge is 0.475 e. The average molecular weight is 294 g/mol. The van der Waals surface area contributed by atoms with E-state index in [1.165, 1.54) is 31.4 Å². The number of carboxylic acids is 1. The van der Waals surface area contributed by atoms with E-state index >= 15 is 0 Å². The fourth-order valence-electron chi connectivity index (χ4n) is 1.94. The Bertz CT molecular complexity index is 673. The highest BCUT2D eigenvalue weighted by Crippen LogP contribution is 2.26. The SMILES string of the molecule is COC(=O)CC(O)C(O)c1ccc2oc(C(=O)O)cc2c1. The summed E-state index contributed by atoms with van der Waals surface area (Å²) in [4.78, 5) is 21.9. The van der Waals surface area contributed by atoms with Crippen molar-refractivity contribution in [1.29, 1.82) is 0 Å². The van der Waals surface area contributed by atoms with Gasteiger partial charge in [0, 0.05) is 5.39 Å². The number of benzene rings is 1. The van der Waals surface area contributed by atoms with Gasteiger partial charge in [0.05, 0.1) is 19.6 Å². The quantitative estimate of drug-likeness (QED) is 0.706. The van der Waals surface area contributed by atoms with E-state index in [0.29, 0.717) is 16.5 Å². The van der Waals surface area contributed by atoms with Crippen molar-refractivity contribution >= 4 is 22.9 Å². The van der Waals surface area contributed by atoms with Crippen LogP contribution in [0.15, 0.2) is 28.7 Å². The van der Waals surface area contributed by atoms with E-state index in [1.54, 1.807) is 0 Å². The number of ether oxygens (including phenoxy) is 1. The van der Waals surface area contributed by atoms with Crippen LogP contribution in [0.3, 0.4) is 0 Å². The number of carbonyl (C=O) groups is 2. The molecule has 2 unspecified atom stereocenters. The summed E-state index contributed by atoms with van der Waals surface area (Å²) in [6.07, 6.45) is -2.96. The lowest BCUT2D eigenvalue weighted by Crippen LogP contribution is -2.22. The van der Waals surface area contributed by atoms with Crippen LogP contribution in [0.1, 0.15) is 28.6 Å². The number of hydrogen-bond donors (Lipinski definition) is 3. The van der Waals surface area contributed by atoms with Crippen molar-refractivity contribution in [3.05, 3.63) is 35.6 Å². The molecule has 0 saturated heterocycles. The second-order valence-corrected chi connectivity index (χ2v) is 4.51.